The van der Waals surface area contributed by atoms with Crippen LogP contribution < -0.4 is 10.6 Å². The van der Waals surface area contributed by atoms with E-state index in [1.165, 1.54) is 23.5 Å². The third kappa shape index (κ3) is 5.02. The van der Waals surface area contributed by atoms with Crippen molar-refractivity contribution in [2.24, 2.45) is 0 Å². The van der Waals surface area contributed by atoms with Crippen LogP contribution in [0.15, 0.2) is 53.4 Å². The topological polar surface area (TPSA) is 87.2 Å². The number of nitrogens with zero attached hydrogens (tertiary/aromatic N) is 3. The van der Waals surface area contributed by atoms with E-state index in [4.69, 9.17) is 0 Å². The molecule has 10 heteroatoms. The number of hydrogen-bond donors (Lipinski definition) is 2. The molecule has 0 radical (unpaired) electrons. The fraction of sp³-hybridized carbons (Fsp3) is 0.238. The summed E-state index contributed by atoms with van der Waals surface area (Å²) < 4.78 is 13.1. The van der Waals surface area contributed by atoms with Gasteiger partial charge in [0.05, 0.1) is 0 Å². The zero-order valence-corrected chi connectivity index (χ0v) is 18.3. The zero-order chi connectivity index (χ0) is 21.8. The quantitative estimate of drug-likeness (QED) is 0.542. The van der Waals surface area contributed by atoms with Gasteiger partial charge in [0.25, 0.3) is 0 Å². The molecule has 1 aromatic heterocycles. The van der Waals surface area contributed by atoms with E-state index < -0.39 is 6.04 Å². The number of halogens is 1. The van der Waals surface area contributed by atoms with E-state index in [0.717, 1.165) is 11.3 Å². The highest BCUT2D eigenvalue weighted by Gasteiger charge is 2.34. The molecule has 2 heterocycles. The first kappa shape index (κ1) is 21.3. The van der Waals surface area contributed by atoms with Crippen molar-refractivity contribution < 1.29 is 14.0 Å². The van der Waals surface area contributed by atoms with E-state index in [1.807, 2.05) is 30.5 Å². The molecule has 0 bridgehead atoms. The van der Waals surface area contributed by atoms with Crippen molar-refractivity contribution in [1.82, 2.24) is 15.1 Å². The molecule has 31 heavy (non-hydrogen) atoms. The molecule has 7 nitrogen and oxygen atoms in total. The summed E-state index contributed by atoms with van der Waals surface area (Å²) in [5.41, 5.74) is 1.40. The van der Waals surface area contributed by atoms with Gasteiger partial charge in [-0.1, -0.05) is 11.3 Å². The van der Waals surface area contributed by atoms with Gasteiger partial charge in [-0.3, -0.25) is 10.1 Å². The van der Waals surface area contributed by atoms with Gasteiger partial charge in [0.1, 0.15) is 16.9 Å². The Labute approximate surface area is 187 Å². The summed E-state index contributed by atoms with van der Waals surface area (Å²) in [7, 11) is 0. The molecule has 4 rings (SSSR count). The highest BCUT2D eigenvalue weighted by molar-refractivity contribution is 7.98. The lowest BCUT2D eigenvalue weighted by Gasteiger charge is -2.23. The number of rotatable bonds is 5. The summed E-state index contributed by atoms with van der Waals surface area (Å²) >= 11 is 2.82. The van der Waals surface area contributed by atoms with Crippen LogP contribution in [0.4, 0.5) is 20.0 Å². The van der Waals surface area contributed by atoms with Gasteiger partial charge in [0.15, 0.2) is 0 Å². The highest BCUT2D eigenvalue weighted by atomic mass is 32.2. The minimum atomic E-state index is -0.580. The lowest BCUT2D eigenvalue weighted by Crippen LogP contribution is -2.45. The summed E-state index contributed by atoms with van der Waals surface area (Å²) in [6.07, 6.45) is 3.31. The maximum Gasteiger partial charge on any atom is 0.322 e. The normalized spacial score (nSPS) is 15.7. The molecule has 160 valence electrons. The summed E-state index contributed by atoms with van der Waals surface area (Å²) in [4.78, 5) is 28.2. The van der Waals surface area contributed by atoms with Crippen LogP contribution in [0, 0.1) is 5.82 Å². The maximum absolute atomic E-state index is 13.1. The molecule has 2 aromatic carbocycles. The maximum atomic E-state index is 13.1. The number of amides is 3. The summed E-state index contributed by atoms with van der Waals surface area (Å²) in [6, 6.07) is 12.6. The third-order valence-corrected chi connectivity index (χ3v) is 6.54. The van der Waals surface area contributed by atoms with Crippen molar-refractivity contribution in [3.63, 3.8) is 0 Å². The molecule has 3 amide bonds. The number of aromatic nitrogens is 2. The number of thioether (sulfide) groups is 1. The summed E-state index contributed by atoms with van der Waals surface area (Å²) in [6.45, 7) is 0.504. The van der Waals surface area contributed by atoms with Crippen molar-refractivity contribution in [3.8, 4) is 10.6 Å². The van der Waals surface area contributed by atoms with Crippen molar-refractivity contribution >= 4 is 45.9 Å². The van der Waals surface area contributed by atoms with Crippen LogP contribution >= 0.6 is 23.1 Å². The lowest BCUT2D eigenvalue weighted by molar-refractivity contribution is -0.119. The molecule has 1 aliphatic rings. The Kier molecular flexibility index (Phi) is 6.47. The molecule has 1 saturated heterocycles. The van der Waals surface area contributed by atoms with Gasteiger partial charge in [-0.05, 0) is 67.6 Å². The fourth-order valence-corrected chi connectivity index (χ4v) is 4.48. The monoisotopic (exact) mass is 457 g/mol. The average molecular weight is 458 g/mol. The van der Waals surface area contributed by atoms with E-state index in [-0.39, 0.29) is 17.8 Å². The molecule has 1 fully saturated rings. The molecule has 2 N–H and O–H groups in total. The first-order valence-corrected chi connectivity index (χ1v) is 11.7. The number of benzene rings is 2. The summed E-state index contributed by atoms with van der Waals surface area (Å²) in [5.74, 6) is -0.631. The smallest absolute Gasteiger partial charge is 0.312 e. The Morgan fingerprint density at radius 2 is 1.84 bits per heavy atom. The standard InChI is InChI=1S/C21H20FN5O2S2/c1-30-16-10-8-15(9-11-16)23-21(29)27-12-2-3-17(27)18(28)24-20-26-25-19(31-20)13-4-6-14(22)7-5-13/h4-11,17H,2-3,12H2,1H3,(H,23,29)(H,24,26,28). The SMILES string of the molecule is CSc1ccc(NC(=O)N2CCCC2C(=O)Nc2nnc(-c3ccc(F)cc3)s2)cc1. The number of carbonyl (C=O) groups is 2. The van der Waals surface area contributed by atoms with Gasteiger partial charge < -0.3 is 10.2 Å². The molecule has 0 spiro atoms. The highest BCUT2D eigenvalue weighted by Crippen LogP contribution is 2.28. The first-order valence-electron chi connectivity index (χ1n) is 9.65. The number of nitrogens with one attached hydrogen (secondary N) is 2. The Bertz CT molecular complexity index is 1070. The van der Waals surface area contributed by atoms with Gasteiger partial charge in [0.2, 0.25) is 11.0 Å². The largest absolute Gasteiger partial charge is 0.322 e. The molecular weight excluding hydrogens is 437 g/mol. The van der Waals surface area contributed by atoms with E-state index >= 15 is 0 Å². The van der Waals surface area contributed by atoms with Gasteiger partial charge in [-0.15, -0.1) is 22.0 Å². The molecule has 0 saturated carbocycles. The fourth-order valence-electron chi connectivity index (χ4n) is 3.32. The minimum Gasteiger partial charge on any atom is -0.312 e. The van der Waals surface area contributed by atoms with Gasteiger partial charge in [0, 0.05) is 22.7 Å². The van der Waals surface area contributed by atoms with Gasteiger partial charge in [-0.25, -0.2) is 9.18 Å². The Hall–Kier alpha value is -2.98. The molecule has 0 aliphatic carbocycles. The number of hydrogen-bond acceptors (Lipinski definition) is 6. The van der Waals surface area contributed by atoms with E-state index in [2.05, 4.69) is 20.8 Å². The Balaban J connectivity index is 1.39. The second kappa shape index (κ2) is 9.44. The first-order chi connectivity index (χ1) is 15.0. The molecule has 1 aliphatic heterocycles. The van der Waals surface area contributed by atoms with E-state index in [1.54, 1.807) is 28.8 Å². The van der Waals surface area contributed by atoms with Gasteiger partial charge >= 0.3 is 6.03 Å². The van der Waals surface area contributed by atoms with Crippen molar-refractivity contribution in [2.45, 2.75) is 23.8 Å². The van der Waals surface area contributed by atoms with Crippen molar-refractivity contribution in [2.75, 3.05) is 23.4 Å². The predicted molar refractivity (Wildman–Crippen MR) is 121 cm³/mol. The number of urea groups is 1. The number of carbonyl (C=O) groups excluding carboxylic acids is 2. The van der Waals surface area contributed by atoms with Gasteiger partial charge in [-0.2, -0.15) is 0 Å². The second-order valence-electron chi connectivity index (χ2n) is 6.92. The van der Waals surface area contributed by atoms with Crippen LogP contribution in [0.1, 0.15) is 12.8 Å². The van der Waals surface area contributed by atoms with Crippen LogP contribution in [0.2, 0.25) is 0 Å². The van der Waals surface area contributed by atoms with E-state index in [9.17, 15) is 14.0 Å². The van der Waals surface area contributed by atoms with Crippen LogP contribution in [0.5, 0.6) is 0 Å². The Morgan fingerprint density at radius 3 is 2.55 bits per heavy atom. The van der Waals surface area contributed by atoms with Crippen LogP contribution in [0.25, 0.3) is 10.6 Å². The van der Waals surface area contributed by atoms with Crippen molar-refractivity contribution in [3.05, 3.63) is 54.3 Å². The zero-order valence-electron chi connectivity index (χ0n) is 16.7. The third-order valence-electron chi connectivity index (χ3n) is 4.90. The predicted octanol–water partition coefficient (Wildman–Crippen LogP) is 4.70. The summed E-state index contributed by atoms with van der Waals surface area (Å²) in [5, 5.41) is 14.6. The number of anilines is 2. The van der Waals surface area contributed by atoms with Crippen LogP contribution in [0.3, 0.4) is 0 Å². The average Bonchev–Trinajstić information content (AvgIpc) is 3.45. The molecule has 3 aromatic rings. The molecular formula is C21H20FN5O2S2. The Morgan fingerprint density at radius 1 is 1.10 bits per heavy atom. The van der Waals surface area contributed by atoms with E-state index in [0.29, 0.717) is 34.4 Å². The van der Waals surface area contributed by atoms with Crippen LogP contribution in [-0.2, 0) is 4.79 Å². The van der Waals surface area contributed by atoms with Crippen molar-refractivity contribution in [1.29, 1.82) is 0 Å². The lowest BCUT2D eigenvalue weighted by atomic mass is 10.2. The molecule has 1 unspecified atom stereocenters. The minimum absolute atomic E-state index is 0.299. The number of likely N-dealkylation sites (tertiary alicyclic amines) is 1. The van der Waals surface area contributed by atoms with Crippen LogP contribution in [-0.4, -0.2) is 45.9 Å². The molecule has 1 atom stereocenters. The second-order valence-corrected chi connectivity index (χ2v) is 8.78.